The van der Waals surface area contributed by atoms with E-state index in [0.29, 0.717) is 12.4 Å². The highest BCUT2D eigenvalue weighted by molar-refractivity contribution is 5.82. The van der Waals surface area contributed by atoms with Crippen molar-refractivity contribution in [1.82, 2.24) is 15.6 Å². The molecule has 5 nitrogen and oxygen atoms in total. The number of rotatable bonds is 5. The minimum absolute atomic E-state index is 0.146. The van der Waals surface area contributed by atoms with E-state index in [2.05, 4.69) is 22.5 Å². The third kappa shape index (κ3) is 3.10. The molecule has 1 aliphatic heterocycles. The normalized spacial score (nSPS) is 17.5. The molecule has 0 aromatic carbocycles. The van der Waals surface area contributed by atoms with E-state index in [1.807, 2.05) is 12.1 Å². The van der Waals surface area contributed by atoms with Gasteiger partial charge < -0.3 is 15.4 Å². The van der Waals surface area contributed by atoms with Crippen LogP contribution in [0, 0.1) is 5.41 Å². The van der Waals surface area contributed by atoms with Gasteiger partial charge in [-0.2, -0.15) is 0 Å². The van der Waals surface area contributed by atoms with Crippen molar-refractivity contribution < 1.29 is 9.53 Å². The largest absolute Gasteiger partial charge is 0.481 e. The summed E-state index contributed by atoms with van der Waals surface area (Å²) in [5.41, 5.74) is 0.685. The third-order valence-corrected chi connectivity index (χ3v) is 4.20. The molecule has 0 aliphatic carbocycles. The Balaban J connectivity index is 2.00. The molecule has 0 radical (unpaired) electrons. The minimum atomic E-state index is -0.222. The number of hydrogen-bond acceptors (Lipinski definition) is 4. The van der Waals surface area contributed by atoms with Crippen LogP contribution in [-0.2, 0) is 11.3 Å². The van der Waals surface area contributed by atoms with Gasteiger partial charge in [0, 0.05) is 18.3 Å². The SMILES string of the molecule is CCC1(C(=O)NCc2cccnc2OC)CCNCC1. The van der Waals surface area contributed by atoms with Crippen LogP contribution in [-0.4, -0.2) is 31.1 Å². The molecule has 0 atom stereocenters. The zero-order valence-electron chi connectivity index (χ0n) is 12.2. The lowest BCUT2D eigenvalue weighted by Crippen LogP contribution is -2.47. The van der Waals surface area contributed by atoms with Crippen molar-refractivity contribution in [3.8, 4) is 5.88 Å². The predicted octanol–water partition coefficient (Wildman–Crippen LogP) is 1.49. The Bertz CT molecular complexity index is 456. The molecule has 5 heteroatoms. The monoisotopic (exact) mass is 277 g/mol. The first-order valence-corrected chi connectivity index (χ1v) is 7.19. The predicted molar refractivity (Wildman–Crippen MR) is 77.5 cm³/mol. The summed E-state index contributed by atoms with van der Waals surface area (Å²) in [6, 6.07) is 3.78. The van der Waals surface area contributed by atoms with Crippen molar-refractivity contribution in [2.75, 3.05) is 20.2 Å². The average molecular weight is 277 g/mol. The van der Waals surface area contributed by atoms with Crippen molar-refractivity contribution in [1.29, 1.82) is 0 Å². The van der Waals surface area contributed by atoms with Crippen LogP contribution in [0.1, 0.15) is 31.7 Å². The first-order chi connectivity index (χ1) is 9.72. The van der Waals surface area contributed by atoms with Crippen molar-refractivity contribution in [2.45, 2.75) is 32.7 Å². The molecule has 0 unspecified atom stereocenters. The van der Waals surface area contributed by atoms with Gasteiger partial charge >= 0.3 is 0 Å². The quantitative estimate of drug-likeness (QED) is 0.856. The van der Waals surface area contributed by atoms with E-state index in [9.17, 15) is 4.79 Å². The summed E-state index contributed by atoms with van der Waals surface area (Å²) in [5, 5.41) is 6.36. The summed E-state index contributed by atoms with van der Waals surface area (Å²) in [6.07, 6.45) is 4.37. The molecule has 1 amide bonds. The highest BCUT2D eigenvalue weighted by atomic mass is 16.5. The Morgan fingerprint density at radius 1 is 1.50 bits per heavy atom. The Morgan fingerprint density at radius 2 is 2.25 bits per heavy atom. The van der Waals surface area contributed by atoms with Gasteiger partial charge in [0.05, 0.1) is 12.5 Å². The summed E-state index contributed by atoms with van der Waals surface area (Å²) in [6.45, 7) is 4.38. The number of carbonyl (C=O) groups is 1. The van der Waals surface area contributed by atoms with Gasteiger partial charge in [-0.1, -0.05) is 13.0 Å². The number of methoxy groups -OCH3 is 1. The van der Waals surface area contributed by atoms with E-state index in [1.54, 1.807) is 13.3 Å². The molecule has 0 spiro atoms. The first kappa shape index (κ1) is 14.8. The molecule has 2 rings (SSSR count). The highest BCUT2D eigenvalue weighted by Crippen LogP contribution is 2.32. The Morgan fingerprint density at radius 3 is 2.90 bits per heavy atom. The molecule has 20 heavy (non-hydrogen) atoms. The fourth-order valence-electron chi connectivity index (χ4n) is 2.75. The van der Waals surface area contributed by atoms with Crippen LogP contribution in [0.15, 0.2) is 18.3 Å². The van der Waals surface area contributed by atoms with Gasteiger partial charge in [0.25, 0.3) is 0 Å². The van der Waals surface area contributed by atoms with Crippen LogP contribution in [0.25, 0.3) is 0 Å². The van der Waals surface area contributed by atoms with Gasteiger partial charge in [-0.15, -0.1) is 0 Å². The van der Waals surface area contributed by atoms with E-state index in [-0.39, 0.29) is 11.3 Å². The Hall–Kier alpha value is -1.62. The van der Waals surface area contributed by atoms with Crippen molar-refractivity contribution in [3.05, 3.63) is 23.9 Å². The number of ether oxygens (including phenoxy) is 1. The van der Waals surface area contributed by atoms with Gasteiger partial charge in [-0.3, -0.25) is 4.79 Å². The van der Waals surface area contributed by atoms with E-state index in [1.165, 1.54) is 0 Å². The molecule has 0 bridgehead atoms. The number of carbonyl (C=O) groups excluding carboxylic acids is 1. The van der Waals surface area contributed by atoms with Gasteiger partial charge in [0.2, 0.25) is 11.8 Å². The number of piperidine rings is 1. The van der Waals surface area contributed by atoms with E-state index >= 15 is 0 Å². The maximum atomic E-state index is 12.5. The average Bonchev–Trinajstić information content (AvgIpc) is 2.53. The Kier molecular flexibility index (Phi) is 4.95. The number of aromatic nitrogens is 1. The lowest BCUT2D eigenvalue weighted by atomic mass is 9.76. The molecule has 1 aromatic rings. The van der Waals surface area contributed by atoms with Crippen LogP contribution in [0.2, 0.25) is 0 Å². The molecule has 1 aromatic heterocycles. The maximum absolute atomic E-state index is 12.5. The lowest BCUT2D eigenvalue weighted by Gasteiger charge is -2.35. The lowest BCUT2D eigenvalue weighted by molar-refractivity contribution is -0.133. The fourth-order valence-corrected chi connectivity index (χ4v) is 2.75. The molecular weight excluding hydrogens is 254 g/mol. The number of amides is 1. The summed E-state index contributed by atoms with van der Waals surface area (Å²) in [5.74, 6) is 0.719. The summed E-state index contributed by atoms with van der Waals surface area (Å²) in [4.78, 5) is 16.7. The standard InChI is InChI=1S/C15H23N3O2/c1-3-15(6-9-16-10-7-15)14(19)18-11-12-5-4-8-17-13(12)20-2/h4-5,8,16H,3,6-7,9-11H2,1-2H3,(H,18,19). The minimum Gasteiger partial charge on any atom is -0.481 e. The molecule has 110 valence electrons. The van der Waals surface area contributed by atoms with Crippen molar-refractivity contribution in [3.63, 3.8) is 0 Å². The van der Waals surface area contributed by atoms with E-state index < -0.39 is 0 Å². The third-order valence-electron chi connectivity index (χ3n) is 4.20. The zero-order valence-corrected chi connectivity index (χ0v) is 12.2. The van der Waals surface area contributed by atoms with Crippen molar-refractivity contribution in [2.24, 2.45) is 5.41 Å². The highest BCUT2D eigenvalue weighted by Gasteiger charge is 2.37. The van der Waals surface area contributed by atoms with Gasteiger partial charge in [-0.25, -0.2) is 4.98 Å². The maximum Gasteiger partial charge on any atom is 0.226 e. The van der Waals surface area contributed by atoms with E-state index in [4.69, 9.17) is 4.74 Å². The first-order valence-electron chi connectivity index (χ1n) is 7.19. The van der Waals surface area contributed by atoms with Crippen LogP contribution in [0.3, 0.4) is 0 Å². The number of nitrogens with one attached hydrogen (secondary N) is 2. The number of nitrogens with zero attached hydrogens (tertiary/aromatic N) is 1. The van der Waals surface area contributed by atoms with Gasteiger partial charge in [0.15, 0.2) is 0 Å². The summed E-state index contributed by atoms with van der Waals surface area (Å²) >= 11 is 0. The molecule has 1 fully saturated rings. The van der Waals surface area contributed by atoms with Crippen molar-refractivity contribution >= 4 is 5.91 Å². The van der Waals surface area contributed by atoms with Crippen LogP contribution >= 0.6 is 0 Å². The Labute approximate surface area is 120 Å². The molecule has 0 saturated carbocycles. The second-order valence-electron chi connectivity index (χ2n) is 5.24. The molecular formula is C15H23N3O2. The van der Waals surface area contributed by atoms with Gasteiger partial charge in [0.1, 0.15) is 0 Å². The summed E-state index contributed by atoms with van der Waals surface area (Å²) in [7, 11) is 1.59. The number of pyridine rings is 1. The molecule has 1 saturated heterocycles. The fraction of sp³-hybridized carbons (Fsp3) is 0.600. The van der Waals surface area contributed by atoms with Gasteiger partial charge in [-0.05, 0) is 38.4 Å². The second-order valence-corrected chi connectivity index (χ2v) is 5.24. The van der Waals surface area contributed by atoms with Crippen LogP contribution < -0.4 is 15.4 Å². The molecule has 2 N–H and O–H groups in total. The van der Waals surface area contributed by atoms with Crippen LogP contribution in [0.5, 0.6) is 5.88 Å². The zero-order chi connectivity index (χ0) is 14.4. The summed E-state index contributed by atoms with van der Waals surface area (Å²) < 4.78 is 5.20. The smallest absolute Gasteiger partial charge is 0.226 e. The second kappa shape index (κ2) is 6.70. The number of hydrogen-bond donors (Lipinski definition) is 2. The van der Waals surface area contributed by atoms with E-state index in [0.717, 1.165) is 37.9 Å². The molecule has 1 aliphatic rings. The molecule has 2 heterocycles. The van der Waals surface area contributed by atoms with Crippen LogP contribution in [0.4, 0.5) is 0 Å². The topological polar surface area (TPSA) is 63.2 Å².